The number of carbonyl (C=O) groups excluding carboxylic acids is 1. The topological polar surface area (TPSA) is 38.8 Å². The molecule has 0 aliphatic carbocycles. The number of hydrogen-bond acceptors (Lipinski definition) is 3. The lowest BCUT2D eigenvalue weighted by atomic mass is 10.2. The van der Waals surface area contributed by atoms with E-state index in [-0.39, 0.29) is 6.03 Å². The molecule has 0 saturated carbocycles. The number of nitrogens with zero attached hydrogens (tertiary/aromatic N) is 3. The van der Waals surface area contributed by atoms with Crippen molar-refractivity contribution in [3.8, 4) is 0 Å². The Bertz CT molecular complexity index is 237. The molecule has 0 aromatic heterocycles. The van der Waals surface area contributed by atoms with Crippen molar-refractivity contribution in [2.45, 2.75) is 19.8 Å². The molecule has 0 aromatic rings. The maximum Gasteiger partial charge on any atom is 0.317 e. The minimum absolute atomic E-state index is 0.0898. The summed E-state index contributed by atoms with van der Waals surface area (Å²) in [7, 11) is 4.03. The van der Waals surface area contributed by atoms with Crippen LogP contribution in [0.3, 0.4) is 0 Å². The summed E-state index contributed by atoms with van der Waals surface area (Å²) in [4.78, 5) is 18.3. The van der Waals surface area contributed by atoms with Gasteiger partial charge in [0.1, 0.15) is 0 Å². The van der Waals surface area contributed by atoms with Crippen molar-refractivity contribution in [2.24, 2.45) is 0 Å². The van der Waals surface area contributed by atoms with Crippen LogP contribution < -0.4 is 5.32 Å². The molecule has 106 valence electrons. The zero-order valence-electron chi connectivity index (χ0n) is 12.1. The van der Waals surface area contributed by atoms with Gasteiger partial charge >= 0.3 is 6.03 Å². The molecule has 18 heavy (non-hydrogen) atoms. The van der Waals surface area contributed by atoms with Crippen LogP contribution in [0.2, 0.25) is 0 Å². The van der Waals surface area contributed by atoms with Gasteiger partial charge in [0, 0.05) is 39.3 Å². The van der Waals surface area contributed by atoms with Crippen LogP contribution in [0.5, 0.6) is 0 Å². The summed E-state index contributed by atoms with van der Waals surface area (Å²) in [6.07, 6.45) is 2.50. The minimum atomic E-state index is 0.0898. The van der Waals surface area contributed by atoms with Crippen LogP contribution in [0.4, 0.5) is 4.79 Å². The third kappa shape index (κ3) is 5.69. The fourth-order valence-corrected chi connectivity index (χ4v) is 2.05. The number of amides is 2. The number of urea groups is 1. The maximum atomic E-state index is 11.9. The molecule has 2 amide bonds. The van der Waals surface area contributed by atoms with Gasteiger partial charge in [0.15, 0.2) is 0 Å². The quantitative estimate of drug-likeness (QED) is 0.759. The van der Waals surface area contributed by atoms with Gasteiger partial charge in [0.25, 0.3) is 0 Å². The molecule has 1 fully saturated rings. The Labute approximate surface area is 111 Å². The SMILES string of the molecule is CCCCN1CCN(C(=O)NCCN(C)C)CC1. The number of piperazine rings is 1. The summed E-state index contributed by atoms with van der Waals surface area (Å²) in [5.41, 5.74) is 0. The first kappa shape index (κ1) is 15.2. The van der Waals surface area contributed by atoms with Crippen LogP contribution in [0, 0.1) is 0 Å². The van der Waals surface area contributed by atoms with Gasteiger partial charge in [-0.2, -0.15) is 0 Å². The average Bonchev–Trinajstić information content (AvgIpc) is 2.36. The van der Waals surface area contributed by atoms with Gasteiger partial charge in [-0.1, -0.05) is 13.3 Å². The van der Waals surface area contributed by atoms with Crippen LogP contribution in [0.15, 0.2) is 0 Å². The van der Waals surface area contributed by atoms with Crippen LogP contribution in [0.25, 0.3) is 0 Å². The first-order chi connectivity index (χ1) is 8.63. The lowest BCUT2D eigenvalue weighted by Crippen LogP contribution is -2.52. The molecule has 1 aliphatic heterocycles. The van der Waals surface area contributed by atoms with Crippen molar-refractivity contribution in [2.75, 3.05) is 59.9 Å². The second-order valence-electron chi connectivity index (χ2n) is 5.22. The molecular weight excluding hydrogens is 228 g/mol. The lowest BCUT2D eigenvalue weighted by Gasteiger charge is -2.34. The van der Waals surface area contributed by atoms with E-state index in [0.29, 0.717) is 0 Å². The highest BCUT2D eigenvalue weighted by Gasteiger charge is 2.19. The van der Waals surface area contributed by atoms with E-state index in [4.69, 9.17) is 0 Å². The molecule has 1 N–H and O–H groups in total. The summed E-state index contributed by atoms with van der Waals surface area (Å²) in [5, 5.41) is 2.97. The number of nitrogens with one attached hydrogen (secondary N) is 1. The molecule has 0 unspecified atom stereocenters. The highest BCUT2D eigenvalue weighted by Crippen LogP contribution is 2.03. The van der Waals surface area contributed by atoms with E-state index in [1.165, 1.54) is 19.4 Å². The maximum absolute atomic E-state index is 11.9. The molecule has 5 nitrogen and oxygen atoms in total. The Kier molecular flexibility index (Phi) is 7.05. The summed E-state index contributed by atoms with van der Waals surface area (Å²) < 4.78 is 0. The Balaban J connectivity index is 2.15. The van der Waals surface area contributed by atoms with Gasteiger partial charge in [0.05, 0.1) is 0 Å². The van der Waals surface area contributed by atoms with E-state index in [1.54, 1.807) is 0 Å². The Morgan fingerprint density at radius 2 is 1.89 bits per heavy atom. The van der Waals surface area contributed by atoms with Gasteiger partial charge in [0.2, 0.25) is 0 Å². The molecule has 0 bridgehead atoms. The fourth-order valence-electron chi connectivity index (χ4n) is 2.05. The Morgan fingerprint density at radius 1 is 1.22 bits per heavy atom. The lowest BCUT2D eigenvalue weighted by molar-refractivity contribution is 0.138. The van der Waals surface area contributed by atoms with Gasteiger partial charge in [-0.15, -0.1) is 0 Å². The molecule has 0 aromatic carbocycles. The summed E-state index contributed by atoms with van der Waals surface area (Å²) >= 11 is 0. The van der Waals surface area contributed by atoms with Crippen LogP contribution in [0.1, 0.15) is 19.8 Å². The van der Waals surface area contributed by atoms with E-state index >= 15 is 0 Å². The van der Waals surface area contributed by atoms with Crippen molar-refractivity contribution in [3.05, 3.63) is 0 Å². The molecule has 1 saturated heterocycles. The predicted molar refractivity (Wildman–Crippen MR) is 74.9 cm³/mol. The van der Waals surface area contributed by atoms with Crippen molar-refractivity contribution in [1.29, 1.82) is 0 Å². The zero-order chi connectivity index (χ0) is 13.4. The number of likely N-dealkylation sites (N-methyl/N-ethyl adjacent to an activating group) is 1. The third-order valence-corrected chi connectivity index (χ3v) is 3.32. The first-order valence-electron chi connectivity index (χ1n) is 7.03. The fraction of sp³-hybridized carbons (Fsp3) is 0.923. The van der Waals surface area contributed by atoms with Crippen LogP contribution in [-0.4, -0.2) is 80.6 Å². The zero-order valence-corrected chi connectivity index (χ0v) is 12.1. The van der Waals surface area contributed by atoms with E-state index in [9.17, 15) is 4.79 Å². The average molecular weight is 256 g/mol. The number of unbranched alkanes of at least 4 members (excludes halogenated alkanes) is 1. The van der Waals surface area contributed by atoms with Crippen molar-refractivity contribution >= 4 is 6.03 Å². The summed E-state index contributed by atoms with van der Waals surface area (Å²) in [5.74, 6) is 0. The first-order valence-corrected chi connectivity index (χ1v) is 7.03. The standard InChI is InChI=1S/C13H28N4O/c1-4-5-7-16-9-11-17(12-10-16)13(18)14-6-8-15(2)3/h4-12H2,1-3H3,(H,14,18). The van der Waals surface area contributed by atoms with E-state index in [1.807, 2.05) is 19.0 Å². The Hall–Kier alpha value is -0.810. The van der Waals surface area contributed by atoms with Gasteiger partial charge in [-0.05, 0) is 27.1 Å². The summed E-state index contributed by atoms with van der Waals surface area (Å²) in [6.45, 7) is 8.75. The highest BCUT2D eigenvalue weighted by atomic mass is 16.2. The smallest absolute Gasteiger partial charge is 0.317 e. The molecule has 0 radical (unpaired) electrons. The Morgan fingerprint density at radius 3 is 2.44 bits per heavy atom. The highest BCUT2D eigenvalue weighted by molar-refractivity contribution is 5.74. The molecule has 0 atom stereocenters. The van der Waals surface area contributed by atoms with Crippen LogP contribution in [-0.2, 0) is 0 Å². The van der Waals surface area contributed by atoms with Crippen molar-refractivity contribution < 1.29 is 4.79 Å². The predicted octanol–water partition coefficient (Wildman–Crippen LogP) is 0.675. The van der Waals surface area contributed by atoms with E-state index in [2.05, 4.69) is 22.0 Å². The van der Waals surface area contributed by atoms with E-state index in [0.717, 1.165) is 39.3 Å². The number of hydrogen-bond donors (Lipinski definition) is 1. The van der Waals surface area contributed by atoms with Gasteiger partial charge < -0.3 is 15.1 Å². The molecule has 1 heterocycles. The summed E-state index contributed by atoms with van der Waals surface area (Å²) in [6, 6.07) is 0.0898. The van der Waals surface area contributed by atoms with Gasteiger partial charge in [-0.25, -0.2) is 4.79 Å². The molecular formula is C13H28N4O. The second kappa shape index (κ2) is 8.32. The number of carbonyl (C=O) groups is 1. The second-order valence-corrected chi connectivity index (χ2v) is 5.22. The molecule has 5 heteroatoms. The van der Waals surface area contributed by atoms with E-state index < -0.39 is 0 Å². The third-order valence-electron chi connectivity index (χ3n) is 3.32. The normalized spacial score (nSPS) is 17.2. The van der Waals surface area contributed by atoms with Crippen molar-refractivity contribution in [3.63, 3.8) is 0 Å². The largest absolute Gasteiger partial charge is 0.337 e. The van der Waals surface area contributed by atoms with Crippen molar-refractivity contribution in [1.82, 2.24) is 20.0 Å². The minimum Gasteiger partial charge on any atom is -0.337 e. The molecule has 0 spiro atoms. The van der Waals surface area contributed by atoms with Gasteiger partial charge in [-0.3, -0.25) is 4.90 Å². The van der Waals surface area contributed by atoms with Crippen LogP contribution >= 0.6 is 0 Å². The number of rotatable bonds is 6. The monoisotopic (exact) mass is 256 g/mol. The molecule has 1 aliphatic rings. The molecule has 1 rings (SSSR count).